The molecule has 0 saturated carbocycles. The van der Waals surface area contributed by atoms with Crippen LogP contribution in [0.2, 0.25) is 0 Å². The number of rotatable bonds is 6. The highest BCUT2D eigenvalue weighted by Crippen LogP contribution is 2.34. The molecule has 3 nitrogen and oxygen atoms in total. The molecular weight excluding hydrogens is 367 g/mol. The second kappa shape index (κ2) is 8.02. The van der Waals surface area contributed by atoms with Crippen LogP contribution in [0.4, 0.5) is 30.8 Å². The first kappa shape index (κ1) is 20.1. The number of benzene rings is 2. The molecule has 2 aromatic rings. The van der Waals surface area contributed by atoms with E-state index in [-0.39, 0.29) is 16.1 Å². The van der Waals surface area contributed by atoms with Gasteiger partial charge in [0.15, 0.2) is 0 Å². The standard InChI is InChI=1S/C16H14F7N3/c17-15(18,19)25(23)26(16(20,21)22)24(11-13-7-3-1-4-8-13)12-14-9-5-2-6-10-14/h1-10H,11-12H2. The lowest BCUT2D eigenvalue weighted by molar-refractivity contribution is -0.505. The average Bonchev–Trinajstić information content (AvgIpc) is 2.54. The van der Waals surface area contributed by atoms with Gasteiger partial charge in [-0.3, -0.25) is 0 Å². The molecule has 0 atom stereocenters. The number of nitrogens with zero attached hydrogens (tertiary/aromatic N) is 3. The molecule has 0 heterocycles. The van der Waals surface area contributed by atoms with E-state index in [4.69, 9.17) is 0 Å². The maximum atomic E-state index is 13.6. The summed E-state index contributed by atoms with van der Waals surface area (Å²) in [6.07, 6.45) is -11.5. The van der Waals surface area contributed by atoms with Crippen molar-refractivity contribution in [3.05, 3.63) is 71.8 Å². The average molecular weight is 381 g/mol. The van der Waals surface area contributed by atoms with Crippen LogP contribution in [0.15, 0.2) is 60.7 Å². The molecule has 2 rings (SSSR count). The lowest BCUT2D eigenvalue weighted by atomic mass is 10.2. The van der Waals surface area contributed by atoms with Crippen LogP contribution in [0.3, 0.4) is 0 Å². The molecule has 2 aromatic carbocycles. The van der Waals surface area contributed by atoms with Gasteiger partial charge in [-0.15, -0.1) is 4.48 Å². The largest absolute Gasteiger partial charge is 0.503 e. The molecule has 0 aliphatic carbocycles. The van der Waals surface area contributed by atoms with Crippen molar-refractivity contribution in [2.45, 2.75) is 25.7 Å². The van der Waals surface area contributed by atoms with Crippen molar-refractivity contribution in [3.8, 4) is 0 Å². The van der Waals surface area contributed by atoms with Crippen molar-refractivity contribution >= 4 is 0 Å². The Labute approximate surface area is 144 Å². The molecule has 0 aliphatic rings. The Bertz CT molecular complexity index is 632. The predicted octanol–water partition coefficient (Wildman–Crippen LogP) is 5.05. The molecule has 0 spiro atoms. The molecule has 0 aliphatic heterocycles. The highest BCUT2D eigenvalue weighted by Gasteiger charge is 2.55. The van der Waals surface area contributed by atoms with Crippen molar-refractivity contribution in [2.75, 3.05) is 0 Å². The van der Waals surface area contributed by atoms with Gasteiger partial charge in [-0.05, 0) is 16.2 Å². The van der Waals surface area contributed by atoms with E-state index in [9.17, 15) is 30.8 Å². The summed E-state index contributed by atoms with van der Waals surface area (Å²) >= 11 is 0. The van der Waals surface area contributed by atoms with Crippen LogP contribution in [0.1, 0.15) is 11.1 Å². The van der Waals surface area contributed by atoms with Crippen LogP contribution in [0.5, 0.6) is 0 Å². The zero-order valence-electron chi connectivity index (χ0n) is 13.2. The summed E-state index contributed by atoms with van der Waals surface area (Å²) in [5.41, 5.74) is 0.571. The number of halogens is 7. The topological polar surface area (TPSA) is 9.72 Å². The number of hydrogen-bond acceptors (Lipinski definition) is 3. The van der Waals surface area contributed by atoms with Crippen molar-refractivity contribution in [2.24, 2.45) is 0 Å². The van der Waals surface area contributed by atoms with Gasteiger partial charge >= 0.3 is 12.6 Å². The second-order valence-corrected chi connectivity index (χ2v) is 5.28. The molecule has 0 saturated heterocycles. The zero-order chi connectivity index (χ0) is 19.4. The Hall–Kier alpha value is -2.17. The van der Waals surface area contributed by atoms with Gasteiger partial charge in [-0.25, -0.2) is 5.01 Å². The fourth-order valence-electron chi connectivity index (χ4n) is 2.26. The third kappa shape index (κ3) is 5.41. The first-order valence-electron chi connectivity index (χ1n) is 7.31. The molecule has 142 valence electrons. The van der Waals surface area contributed by atoms with Crippen LogP contribution in [0.25, 0.3) is 0 Å². The van der Waals surface area contributed by atoms with Crippen molar-refractivity contribution < 1.29 is 30.8 Å². The Morgan fingerprint density at radius 1 is 0.615 bits per heavy atom. The van der Waals surface area contributed by atoms with Crippen molar-refractivity contribution in [1.82, 2.24) is 15.4 Å². The predicted molar refractivity (Wildman–Crippen MR) is 79.0 cm³/mol. The van der Waals surface area contributed by atoms with Gasteiger partial charge in [-0.1, -0.05) is 60.7 Å². The normalized spacial score (nSPS) is 13.0. The van der Waals surface area contributed by atoms with Gasteiger partial charge in [0.25, 0.3) is 0 Å². The van der Waals surface area contributed by atoms with Gasteiger partial charge < -0.3 is 0 Å². The molecule has 0 amide bonds. The summed E-state index contributed by atoms with van der Waals surface area (Å²) < 4.78 is 91.3. The minimum Gasteiger partial charge on any atom is -0.209 e. The third-order valence-electron chi connectivity index (χ3n) is 3.29. The summed E-state index contributed by atoms with van der Waals surface area (Å²) in [5, 5.41) is -3.40. The van der Waals surface area contributed by atoms with Gasteiger partial charge in [0, 0.05) is 18.3 Å². The monoisotopic (exact) mass is 381 g/mol. The fraction of sp³-hybridized carbons (Fsp3) is 0.250. The molecule has 0 aromatic heterocycles. The molecule has 10 heteroatoms. The lowest BCUT2D eigenvalue weighted by Crippen LogP contribution is -2.60. The van der Waals surface area contributed by atoms with E-state index < -0.39 is 36.0 Å². The van der Waals surface area contributed by atoms with E-state index in [1.54, 1.807) is 12.1 Å². The summed E-state index contributed by atoms with van der Waals surface area (Å²) in [6, 6.07) is 15.0. The third-order valence-corrected chi connectivity index (χ3v) is 3.29. The molecule has 0 N–H and O–H groups in total. The minimum atomic E-state index is -5.86. The number of alkyl halides is 6. The molecule has 0 bridgehead atoms. The molecule has 0 radical (unpaired) electrons. The maximum absolute atomic E-state index is 13.6. The number of hydrazine groups is 2. The van der Waals surface area contributed by atoms with Crippen molar-refractivity contribution in [3.63, 3.8) is 0 Å². The first-order valence-corrected chi connectivity index (χ1v) is 7.31. The summed E-state index contributed by atoms with van der Waals surface area (Å²) in [5.74, 6) is 0. The molecule has 0 unspecified atom stereocenters. The van der Waals surface area contributed by atoms with Crippen LogP contribution in [-0.2, 0) is 13.1 Å². The minimum absolute atomic E-state index is 0.234. The summed E-state index contributed by atoms with van der Waals surface area (Å²) in [6.45, 7) is -1.18. The lowest BCUT2D eigenvalue weighted by Gasteiger charge is -2.38. The van der Waals surface area contributed by atoms with Gasteiger partial charge in [0.1, 0.15) is 0 Å². The van der Waals surface area contributed by atoms with Gasteiger partial charge in [0.05, 0.1) is 0 Å². The smallest absolute Gasteiger partial charge is 0.209 e. The second-order valence-electron chi connectivity index (χ2n) is 5.28. The van der Waals surface area contributed by atoms with Crippen LogP contribution < -0.4 is 0 Å². The Morgan fingerprint density at radius 3 is 1.31 bits per heavy atom. The van der Waals surface area contributed by atoms with E-state index in [1.807, 2.05) is 0 Å². The molecule has 26 heavy (non-hydrogen) atoms. The van der Waals surface area contributed by atoms with E-state index in [1.165, 1.54) is 48.5 Å². The fourth-order valence-corrected chi connectivity index (χ4v) is 2.26. The first-order chi connectivity index (χ1) is 12.1. The van der Waals surface area contributed by atoms with Crippen LogP contribution in [-0.4, -0.2) is 28.0 Å². The zero-order valence-corrected chi connectivity index (χ0v) is 13.2. The quantitative estimate of drug-likeness (QED) is 0.300. The highest BCUT2D eigenvalue weighted by molar-refractivity contribution is 5.16. The Balaban J connectivity index is 2.40. The highest BCUT2D eigenvalue weighted by atomic mass is 19.4. The van der Waals surface area contributed by atoms with E-state index in [0.717, 1.165) is 0 Å². The number of hydrogen-bond donors (Lipinski definition) is 0. The van der Waals surface area contributed by atoms with E-state index in [2.05, 4.69) is 0 Å². The molecule has 0 fully saturated rings. The Morgan fingerprint density at radius 2 is 1.00 bits per heavy atom. The maximum Gasteiger partial charge on any atom is 0.503 e. The van der Waals surface area contributed by atoms with Crippen LogP contribution >= 0.6 is 0 Å². The van der Waals surface area contributed by atoms with Crippen LogP contribution in [0, 0.1) is 0 Å². The van der Waals surface area contributed by atoms with E-state index >= 15 is 0 Å². The Kier molecular flexibility index (Phi) is 6.21. The SMILES string of the molecule is FN(N(N(Cc1ccccc1)Cc1ccccc1)C(F)(F)F)C(F)(F)F. The summed E-state index contributed by atoms with van der Waals surface area (Å²) in [7, 11) is 0. The summed E-state index contributed by atoms with van der Waals surface area (Å²) in [4.78, 5) is 0. The van der Waals surface area contributed by atoms with E-state index in [0.29, 0.717) is 0 Å². The van der Waals surface area contributed by atoms with Gasteiger partial charge in [-0.2, -0.15) is 26.3 Å². The van der Waals surface area contributed by atoms with Gasteiger partial charge in [0.2, 0.25) is 0 Å². The van der Waals surface area contributed by atoms with Crippen molar-refractivity contribution in [1.29, 1.82) is 0 Å². The molecular formula is C16H14F7N3.